The molecule has 4 nitrogen and oxygen atoms in total. The van der Waals surface area contributed by atoms with E-state index >= 15 is 0 Å². The number of aliphatic carboxylic acids is 1. The van der Waals surface area contributed by atoms with Crippen molar-refractivity contribution >= 4 is 17.6 Å². The maximum absolute atomic E-state index is 10.5. The average Bonchev–Trinajstić information content (AvgIpc) is 2.37. The molecule has 0 saturated heterocycles. The third-order valence-electron chi connectivity index (χ3n) is 1.42. The largest absolute Gasteiger partial charge is 0.481 e. The molecule has 0 aromatic carbocycles. The second kappa shape index (κ2) is 3.60. The van der Waals surface area contributed by atoms with Crippen molar-refractivity contribution in [2.45, 2.75) is 5.92 Å². The molecule has 0 fully saturated rings. The minimum atomic E-state index is -1.14. The Morgan fingerprint density at radius 3 is 2.67 bits per heavy atom. The van der Waals surface area contributed by atoms with Crippen LogP contribution in [0.5, 0.6) is 0 Å². The standard InChI is InChI=1S/C7H7ClO4/c8-6-2-1-5(12-6)4(3-9)7(10)11/h1-2,4,9H,3H2,(H,10,11). The lowest BCUT2D eigenvalue weighted by Gasteiger charge is -2.03. The monoisotopic (exact) mass is 190 g/mol. The fourth-order valence-electron chi connectivity index (χ4n) is 0.805. The minimum absolute atomic E-state index is 0.115. The average molecular weight is 191 g/mol. The number of hydrogen-bond acceptors (Lipinski definition) is 3. The van der Waals surface area contributed by atoms with Crippen molar-refractivity contribution in [2.24, 2.45) is 0 Å². The highest BCUT2D eigenvalue weighted by atomic mass is 35.5. The van der Waals surface area contributed by atoms with Crippen LogP contribution in [0.15, 0.2) is 16.5 Å². The van der Waals surface area contributed by atoms with E-state index in [2.05, 4.69) is 0 Å². The third-order valence-corrected chi connectivity index (χ3v) is 1.62. The van der Waals surface area contributed by atoms with Crippen LogP contribution in [0.3, 0.4) is 0 Å². The molecule has 1 heterocycles. The summed E-state index contributed by atoms with van der Waals surface area (Å²) in [5.74, 6) is -2.00. The maximum Gasteiger partial charge on any atom is 0.316 e. The van der Waals surface area contributed by atoms with Crippen molar-refractivity contribution in [3.05, 3.63) is 23.1 Å². The number of aliphatic hydroxyl groups excluding tert-OH is 1. The van der Waals surface area contributed by atoms with E-state index in [1.54, 1.807) is 0 Å². The Balaban J connectivity index is 2.87. The van der Waals surface area contributed by atoms with Crippen LogP contribution < -0.4 is 0 Å². The van der Waals surface area contributed by atoms with Crippen molar-refractivity contribution < 1.29 is 19.4 Å². The summed E-state index contributed by atoms with van der Waals surface area (Å²) < 4.78 is 4.82. The molecular formula is C7H7ClO4. The number of carboxylic acid groups (broad SMARTS) is 1. The van der Waals surface area contributed by atoms with Crippen LogP contribution in [0.1, 0.15) is 11.7 Å². The van der Waals surface area contributed by atoms with Gasteiger partial charge in [0.15, 0.2) is 5.22 Å². The van der Waals surface area contributed by atoms with Gasteiger partial charge >= 0.3 is 5.97 Å². The summed E-state index contributed by atoms with van der Waals surface area (Å²) in [7, 11) is 0. The first-order valence-corrected chi connectivity index (χ1v) is 3.62. The SMILES string of the molecule is O=C(O)C(CO)c1ccc(Cl)o1. The molecule has 0 bridgehead atoms. The molecule has 1 aromatic heterocycles. The quantitative estimate of drug-likeness (QED) is 0.749. The number of carbonyl (C=O) groups is 1. The zero-order chi connectivity index (χ0) is 9.14. The lowest BCUT2D eigenvalue weighted by Crippen LogP contribution is -2.14. The van der Waals surface area contributed by atoms with E-state index in [0.717, 1.165) is 0 Å². The number of carboxylic acids is 1. The molecule has 5 heteroatoms. The smallest absolute Gasteiger partial charge is 0.316 e. The van der Waals surface area contributed by atoms with Gasteiger partial charge < -0.3 is 14.6 Å². The third kappa shape index (κ3) is 1.78. The fourth-order valence-corrected chi connectivity index (χ4v) is 0.957. The Labute approximate surface area is 73.4 Å². The molecule has 0 aliphatic heterocycles. The van der Waals surface area contributed by atoms with Gasteiger partial charge in [0.1, 0.15) is 11.7 Å². The molecule has 2 N–H and O–H groups in total. The van der Waals surface area contributed by atoms with Gasteiger partial charge in [-0.25, -0.2) is 0 Å². The zero-order valence-electron chi connectivity index (χ0n) is 6.03. The first kappa shape index (κ1) is 9.09. The molecule has 0 amide bonds. The van der Waals surface area contributed by atoms with Crippen LogP contribution in [0.25, 0.3) is 0 Å². The second-order valence-corrected chi connectivity index (χ2v) is 2.59. The van der Waals surface area contributed by atoms with Crippen molar-refractivity contribution in [2.75, 3.05) is 6.61 Å². The number of rotatable bonds is 3. The van der Waals surface area contributed by atoms with Crippen LogP contribution in [0.4, 0.5) is 0 Å². The Hall–Kier alpha value is -1.00. The van der Waals surface area contributed by atoms with Gasteiger partial charge in [-0.15, -0.1) is 0 Å². The molecule has 1 unspecified atom stereocenters. The van der Waals surface area contributed by atoms with Crippen molar-refractivity contribution in [1.82, 2.24) is 0 Å². The van der Waals surface area contributed by atoms with Crippen LogP contribution in [0, 0.1) is 0 Å². The van der Waals surface area contributed by atoms with Gasteiger partial charge in [0.25, 0.3) is 0 Å². The highest BCUT2D eigenvalue weighted by Gasteiger charge is 2.21. The predicted octanol–water partition coefficient (Wildman–Crippen LogP) is 1.09. The maximum atomic E-state index is 10.5. The fraction of sp³-hybridized carbons (Fsp3) is 0.286. The van der Waals surface area contributed by atoms with E-state index in [0.29, 0.717) is 0 Å². The zero-order valence-corrected chi connectivity index (χ0v) is 6.78. The van der Waals surface area contributed by atoms with Crippen molar-refractivity contribution in [3.63, 3.8) is 0 Å². The Bertz CT molecular complexity index is 281. The minimum Gasteiger partial charge on any atom is -0.481 e. The van der Waals surface area contributed by atoms with Crippen LogP contribution in [-0.2, 0) is 4.79 Å². The number of aliphatic hydroxyl groups is 1. The molecule has 12 heavy (non-hydrogen) atoms. The lowest BCUT2D eigenvalue weighted by molar-refractivity contribution is -0.140. The van der Waals surface area contributed by atoms with Gasteiger partial charge in [-0.1, -0.05) is 0 Å². The lowest BCUT2D eigenvalue weighted by atomic mass is 10.1. The van der Waals surface area contributed by atoms with Gasteiger partial charge in [0.05, 0.1) is 6.61 Å². The summed E-state index contributed by atoms with van der Waals surface area (Å²) in [4.78, 5) is 10.5. The molecule has 0 aliphatic carbocycles. The first-order valence-electron chi connectivity index (χ1n) is 3.24. The topological polar surface area (TPSA) is 70.7 Å². The van der Waals surface area contributed by atoms with Crippen LogP contribution >= 0.6 is 11.6 Å². The highest BCUT2D eigenvalue weighted by Crippen LogP contribution is 2.21. The van der Waals surface area contributed by atoms with Crippen molar-refractivity contribution in [1.29, 1.82) is 0 Å². The second-order valence-electron chi connectivity index (χ2n) is 2.22. The molecule has 1 atom stereocenters. The Morgan fingerprint density at radius 2 is 2.33 bits per heavy atom. The molecule has 1 rings (SSSR count). The first-order chi connectivity index (χ1) is 5.65. The summed E-state index contributed by atoms with van der Waals surface area (Å²) >= 11 is 5.42. The van der Waals surface area contributed by atoms with Crippen LogP contribution in [-0.4, -0.2) is 22.8 Å². The summed E-state index contributed by atoms with van der Waals surface area (Å²) in [6, 6.07) is 2.86. The van der Waals surface area contributed by atoms with E-state index in [1.807, 2.05) is 0 Å². The van der Waals surface area contributed by atoms with E-state index < -0.39 is 18.5 Å². The van der Waals surface area contributed by atoms with Crippen LogP contribution in [0.2, 0.25) is 5.22 Å². The summed E-state index contributed by atoms with van der Waals surface area (Å²) in [5, 5.41) is 17.4. The van der Waals surface area contributed by atoms with E-state index in [4.69, 9.17) is 26.2 Å². The predicted molar refractivity (Wildman–Crippen MR) is 41.2 cm³/mol. The number of hydrogen-bond donors (Lipinski definition) is 2. The normalized spacial score (nSPS) is 12.8. The summed E-state index contributed by atoms with van der Waals surface area (Å²) in [6.07, 6.45) is 0. The molecule has 0 spiro atoms. The van der Waals surface area contributed by atoms with Gasteiger partial charge in [-0.2, -0.15) is 0 Å². The molecule has 1 aromatic rings. The van der Waals surface area contributed by atoms with E-state index in [1.165, 1.54) is 12.1 Å². The Morgan fingerprint density at radius 1 is 1.67 bits per heavy atom. The molecule has 66 valence electrons. The van der Waals surface area contributed by atoms with E-state index in [9.17, 15) is 4.79 Å². The molecule has 0 radical (unpaired) electrons. The summed E-state index contributed by atoms with van der Waals surface area (Å²) in [6.45, 7) is -0.501. The molecule has 0 saturated carbocycles. The Kier molecular flexibility index (Phi) is 2.73. The van der Waals surface area contributed by atoms with Crippen molar-refractivity contribution in [3.8, 4) is 0 Å². The highest BCUT2D eigenvalue weighted by molar-refractivity contribution is 6.28. The van der Waals surface area contributed by atoms with E-state index in [-0.39, 0.29) is 11.0 Å². The van der Waals surface area contributed by atoms with Gasteiger partial charge in [0, 0.05) is 0 Å². The number of halogens is 1. The number of furan rings is 1. The van der Waals surface area contributed by atoms with Gasteiger partial charge in [0.2, 0.25) is 0 Å². The van der Waals surface area contributed by atoms with Gasteiger partial charge in [-0.3, -0.25) is 4.79 Å². The van der Waals surface area contributed by atoms with Gasteiger partial charge in [-0.05, 0) is 23.7 Å². The molecular weight excluding hydrogens is 184 g/mol. The summed E-state index contributed by atoms with van der Waals surface area (Å²) in [5.41, 5.74) is 0. The molecule has 0 aliphatic rings.